The number of anilines is 1. The Kier molecular flexibility index (Phi) is 6.65. The zero-order valence-electron chi connectivity index (χ0n) is 14.5. The van der Waals surface area contributed by atoms with Crippen LogP contribution in [0.1, 0.15) is 29.8 Å². The molecule has 136 valence electrons. The molecule has 0 aliphatic carbocycles. The van der Waals surface area contributed by atoms with Crippen LogP contribution in [0.15, 0.2) is 45.6 Å². The standard InChI is InChI=1S/C18H19N3O2S3/c1-12(2)23-15-9-14(17(22)21-18-19-5-8-26-18)10-16(20-15)25-7-4-13-3-6-24-11-13/h3,5-6,8-12H,4,7H2,1-2H3,(H,19,21,22). The Morgan fingerprint density at radius 3 is 2.92 bits per heavy atom. The molecule has 0 aliphatic heterocycles. The molecular formula is C18H19N3O2S3. The minimum atomic E-state index is -0.212. The summed E-state index contributed by atoms with van der Waals surface area (Å²) in [5, 5.41) is 10.2. The van der Waals surface area contributed by atoms with E-state index < -0.39 is 0 Å². The second-order valence-corrected chi connectivity index (χ2v) is 8.51. The third-order valence-corrected chi connectivity index (χ3v) is 5.60. The zero-order valence-corrected chi connectivity index (χ0v) is 16.9. The fourth-order valence-electron chi connectivity index (χ4n) is 2.15. The summed E-state index contributed by atoms with van der Waals surface area (Å²) in [6, 6.07) is 5.60. The Morgan fingerprint density at radius 2 is 2.23 bits per heavy atom. The van der Waals surface area contributed by atoms with Gasteiger partial charge in [0.25, 0.3) is 5.91 Å². The molecule has 1 N–H and O–H groups in total. The summed E-state index contributed by atoms with van der Waals surface area (Å²) in [5.74, 6) is 1.14. The summed E-state index contributed by atoms with van der Waals surface area (Å²) in [6.45, 7) is 3.88. The van der Waals surface area contributed by atoms with E-state index in [1.165, 1.54) is 16.9 Å². The van der Waals surface area contributed by atoms with E-state index in [0.29, 0.717) is 16.6 Å². The average Bonchev–Trinajstić information content (AvgIpc) is 3.28. The summed E-state index contributed by atoms with van der Waals surface area (Å²) in [6.07, 6.45) is 2.61. The molecule has 0 saturated carbocycles. The molecule has 3 aromatic heterocycles. The first-order valence-corrected chi connectivity index (χ1v) is 10.9. The van der Waals surface area contributed by atoms with E-state index in [1.807, 2.05) is 19.2 Å². The molecule has 5 nitrogen and oxygen atoms in total. The highest BCUT2D eigenvalue weighted by Gasteiger charge is 2.13. The van der Waals surface area contributed by atoms with Gasteiger partial charge < -0.3 is 4.74 Å². The lowest BCUT2D eigenvalue weighted by molar-refractivity contribution is 0.102. The molecule has 0 aliphatic rings. The normalized spacial score (nSPS) is 10.9. The van der Waals surface area contributed by atoms with Gasteiger partial charge in [0.15, 0.2) is 5.13 Å². The van der Waals surface area contributed by atoms with Gasteiger partial charge in [-0.15, -0.1) is 23.1 Å². The van der Waals surface area contributed by atoms with Crippen molar-refractivity contribution in [2.24, 2.45) is 0 Å². The number of carbonyl (C=O) groups excluding carboxylic acids is 1. The molecule has 0 fully saturated rings. The number of thiazole rings is 1. The van der Waals surface area contributed by atoms with Gasteiger partial charge in [-0.05, 0) is 48.7 Å². The van der Waals surface area contributed by atoms with Crippen LogP contribution in [0, 0.1) is 0 Å². The van der Waals surface area contributed by atoms with Crippen molar-refractivity contribution in [2.75, 3.05) is 11.1 Å². The highest BCUT2D eigenvalue weighted by atomic mass is 32.2. The van der Waals surface area contributed by atoms with Crippen molar-refractivity contribution in [3.63, 3.8) is 0 Å². The highest BCUT2D eigenvalue weighted by molar-refractivity contribution is 7.99. The van der Waals surface area contributed by atoms with E-state index in [9.17, 15) is 4.79 Å². The van der Waals surface area contributed by atoms with E-state index in [0.717, 1.165) is 17.2 Å². The van der Waals surface area contributed by atoms with Gasteiger partial charge in [-0.25, -0.2) is 9.97 Å². The number of thiophene rings is 1. The lowest BCUT2D eigenvalue weighted by Gasteiger charge is -2.12. The van der Waals surface area contributed by atoms with Crippen molar-refractivity contribution in [2.45, 2.75) is 31.4 Å². The Bertz CT molecular complexity index is 834. The summed E-state index contributed by atoms with van der Waals surface area (Å²) in [5.41, 5.74) is 1.84. The fourth-order valence-corrected chi connectivity index (χ4v) is 4.29. The summed E-state index contributed by atoms with van der Waals surface area (Å²) in [7, 11) is 0. The molecule has 3 heterocycles. The number of nitrogens with zero attached hydrogens (tertiary/aromatic N) is 2. The maximum Gasteiger partial charge on any atom is 0.257 e. The Balaban J connectivity index is 1.73. The van der Waals surface area contributed by atoms with Crippen LogP contribution in [0.5, 0.6) is 5.88 Å². The third kappa shape index (κ3) is 5.55. The maximum absolute atomic E-state index is 12.5. The predicted molar refractivity (Wildman–Crippen MR) is 109 cm³/mol. The first-order valence-electron chi connectivity index (χ1n) is 8.13. The topological polar surface area (TPSA) is 64.1 Å². The van der Waals surface area contributed by atoms with E-state index in [2.05, 4.69) is 32.1 Å². The molecule has 8 heteroatoms. The number of rotatable bonds is 8. The molecule has 0 bridgehead atoms. The number of thioether (sulfide) groups is 1. The predicted octanol–water partition coefficient (Wildman–Crippen LogP) is 4.97. The van der Waals surface area contributed by atoms with Gasteiger partial charge in [-0.3, -0.25) is 10.1 Å². The van der Waals surface area contributed by atoms with E-state index in [1.54, 1.807) is 41.4 Å². The number of carbonyl (C=O) groups is 1. The smallest absolute Gasteiger partial charge is 0.257 e. The van der Waals surface area contributed by atoms with Crippen molar-refractivity contribution >= 4 is 45.5 Å². The summed E-state index contributed by atoms with van der Waals surface area (Å²) < 4.78 is 5.72. The largest absolute Gasteiger partial charge is 0.475 e. The first-order chi connectivity index (χ1) is 12.6. The molecule has 0 aromatic carbocycles. The van der Waals surface area contributed by atoms with Gasteiger partial charge in [0, 0.05) is 29.0 Å². The molecule has 0 spiro atoms. The van der Waals surface area contributed by atoms with E-state index in [4.69, 9.17) is 4.74 Å². The van der Waals surface area contributed by atoms with Crippen molar-refractivity contribution in [1.82, 2.24) is 9.97 Å². The van der Waals surface area contributed by atoms with Crippen LogP contribution in [0.25, 0.3) is 0 Å². The molecular weight excluding hydrogens is 386 g/mol. The van der Waals surface area contributed by atoms with Gasteiger partial charge in [0.2, 0.25) is 5.88 Å². The highest BCUT2D eigenvalue weighted by Crippen LogP contribution is 2.24. The van der Waals surface area contributed by atoms with Gasteiger partial charge >= 0.3 is 0 Å². The minimum Gasteiger partial charge on any atom is -0.475 e. The minimum absolute atomic E-state index is 0.0107. The molecule has 3 aromatic rings. The first kappa shape index (κ1) is 18.9. The fraction of sp³-hybridized carbons (Fsp3) is 0.278. The lowest BCUT2D eigenvalue weighted by Crippen LogP contribution is -2.14. The number of hydrogen-bond donors (Lipinski definition) is 1. The number of amides is 1. The van der Waals surface area contributed by atoms with Crippen molar-refractivity contribution in [1.29, 1.82) is 0 Å². The Labute approximate surface area is 164 Å². The number of aromatic nitrogens is 2. The van der Waals surface area contributed by atoms with Crippen LogP contribution in [-0.2, 0) is 6.42 Å². The number of nitrogens with one attached hydrogen (secondary N) is 1. The van der Waals surface area contributed by atoms with Crippen LogP contribution in [0.4, 0.5) is 5.13 Å². The van der Waals surface area contributed by atoms with Gasteiger partial charge in [0.05, 0.1) is 6.10 Å². The molecule has 1 amide bonds. The van der Waals surface area contributed by atoms with Gasteiger partial charge in [0.1, 0.15) is 5.03 Å². The molecule has 0 radical (unpaired) electrons. The number of pyridine rings is 1. The molecule has 3 rings (SSSR count). The summed E-state index contributed by atoms with van der Waals surface area (Å²) >= 11 is 4.70. The van der Waals surface area contributed by atoms with Crippen LogP contribution in [-0.4, -0.2) is 27.7 Å². The van der Waals surface area contributed by atoms with Crippen LogP contribution < -0.4 is 10.1 Å². The number of aryl methyl sites for hydroxylation is 1. The maximum atomic E-state index is 12.5. The van der Waals surface area contributed by atoms with Gasteiger partial charge in [-0.2, -0.15) is 11.3 Å². The van der Waals surface area contributed by atoms with Crippen molar-refractivity contribution in [3.8, 4) is 5.88 Å². The lowest BCUT2D eigenvalue weighted by atomic mass is 10.2. The van der Waals surface area contributed by atoms with Crippen LogP contribution >= 0.6 is 34.4 Å². The average molecular weight is 406 g/mol. The van der Waals surface area contributed by atoms with E-state index >= 15 is 0 Å². The third-order valence-electron chi connectivity index (χ3n) is 3.27. The molecule has 26 heavy (non-hydrogen) atoms. The monoisotopic (exact) mass is 405 g/mol. The zero-order chi connectivity index (χ0) is 18.4. The number of ether oxygens (including phenoxy) is 1. The van der Waals surface area contributed by atoms with Gasteiger partial charge in [-0.1, -0.05) is 0 Å². The summed E-state index contributed by atoms with van der Waals surface area (Å²) in [4.78, 5) is 21.1. The van der Waals surface area contributed by atoms with E-state index in [-0.39, 0.29) is 12.0 Å². The second-order valence-electron chi connectivity index (χ2n) is 5.72. The Morgan fingerprint density at radius 1 is 1.35 bits per heavy atom. The molecule has 0 atom stereocenters. The quantitative estimate of drug-likeness (QED) is 0.536. The van der Waals surface area contributed by atoms with Crippen molar-refractivity contribution < 1.29 is 9.53 Å². The SMILES string of the molecule is CC(C)Oc1cc(C(=O)Nc2nccs2)cc(SCCc2ccsc2)n1. The number of hydrogen-bond acceptors (Lipinski definition) is 7. The van der Waals surface area contributed by atoms with Crippen LogP contribution in [0.2, 0.25) is 0 Å². The van der Waals surface area contributed by atoms with Crippen molar-refractivity contribution in [3.05, 3.63) is 51.7 Å². The molecule has 0 saturated heterocycles. The molecule has 0 unspecified atom stereocenters. The second kappa shape index (κ2) is 9.16. The van der Waals surface area contributed by atoms with Crippen LogP contribution in [0.3, 0.4) is 0 Å². The Hall–Kier alpha value is -1.90.